The molecule has 0 bridgehead atoms. The molecule has 1 unspecified atom stereocenters. The van der Waals surface area contributed by atoms with Gasteiger partial charge in [0.25, 0.3) is 0 Å². The maximum atomic E-state index is 13.4. The Balaban J connectivity index is 2.50. The van der Waals surface area contributed by atoms with E-state index in [0.29, 0.717) is 16.5 Å². The van der Waals surface area contributed by atoms with Gasteiger partial charge in [-0.15, -0.1) is 0 Å². The molecule has 0 saturated carbocycles. The summed E-state index contributed by atoms with van der Waals surface area (Å²) in [4.78, 5) is 0. The van der Waals surface area contributed by atoms with Crippen LogP contribution in [0, 0.1) is 5.82 Å². The Morgan fingerprint density at radius 1 is 1.10 bits per heavy atom. The van der Waals surface area contributed by atoms with E-state index in [1.54, 1.807) is 26.3 Å². The van der Waals surface area contributed by atoms with Crippen molar-refractivity contribution in [2.24, 2.45) is 0 Å². The molecule has 3 nitrogen and oxygen atoms in total. The lowest BCUT2D eigenvalue weighted by molar-refractivity contribution is 0.354. The van der Waals surface area contributed by atoms with E-state index in [4.69, 9.17) is 21.1 Å². The Hall–Kier alpha value is -1.78. The quantitative estimate of drug-likeness (QED) is 0.911. The van der Waals surface area contributed by atoms with Crippen molar-refractivity contribution in [3.05, 3.63) is 58.4 Å². The SMILES string of the molecule is CNC(c1cccc(F)c1)c1cc(Cl)c(OC)c(OC)c1. The molecule has 0 spiro atoms. The van der Waals surface area contributed by atoms with Gasteiger partial charge in [0.1, 0.15) is 5.82 Å². The van der Waals surface area contributed by atoms with Crippen molar-refractivity contribution in [2.75, 3.05) is 21.3 Å². The van der Waals surface area contributed by atoms with Gasteiger partial charge in [0, 0.05) is 0 Å². The zero-order chi connectivity index (χ0) is 15.4. The number of methoxy groups -OCH3 is 2. The summed E-state index contributed by atoms with van der Waals surface area (Å²) in [5.74, 6) is 0.744. The monoisotopic (exact) mass is 309 g/mol. The predicted molar refractivity (Wildman–Crippen MR) is 81.9 cm³/mol. The largest absolute Gasteiger partial charge is 0.493 e. The minimum absolute atomic E-state index is 0.196. The normalized spacial score (nSPS) is 12.0. The highest BCUT2D eigenvalue weighted by atomic mass is 35.5. The third kappa shape index (κ3) is 3.28. The van der Waals surface area contributed by atoms with E-state index in [9.17, 15) is 4.39 Å². The molecule has 2 aromatic rings. The number of nitrogens with one attached hydrogen (secondary N) is 1. The van der Waals surface area contributed by atoms with Crippen LogP contribution in [0.25, 0.3) is 0 Å². The Morgan fingerprint density at radius 3 is 2.43 bits per heavy atom. The molecule has 1 N–H and O–H groups in total. The summed E-state index contributed by atoms with van der Waals surface area (Å²) in [5.41, 5.74) is 1.67. The highest BCUT2D eigenvalue weighted by molar-refractivity contribution is 6.32. The first-order chi connectivity index (χ1) is 10.1. The fourth-order valence-electron chi connectivity index (χ4n) is 2.32. The van der Waals surface area contributed by atoms with Crippen LogP contribution >= 0.6 is 11.6 Å². The zero-order valence-corrected chi connectivity index (χ0v) is 12.9. The van der Waals surface area contributed by atoms with E-state index in [2.05, 4.69) is 5.32 Å². The minimum atomic E-state index is -0.278. The molecule has 21 heavy (non-hydrogen) atoms. The van der Waals surface area contributed by atoms with Gasteiger partial charge >= 0.3 is 0 Å². The van der Waals surface area contributed by atoms with Gasteiger partial charge in [-0.3, -0.25) is 0 Å². The van der Waals surface area contributed by atoms with Crippen molar-refractivity contribution in [3.8, 4) is 11.5 Å². The molecule has 5 heteroatoms. The average Bonchev–Trinajstić information content (AvgIpc) is 2.47. The van der Waals surface area contributed by atoms with Crippen molar-refractivity contribution >= 4 is 11.6 Å². The van der Waals surface area contributed by atoms with Crippen LogP contribution in [0.4, 0.5) is 4.39 Å². The highest BCUT2D eigenvalue weighted by Crippen LogP contribution is 2.38. The molecule has 0 radical (unpaired) electrons. The second kappa shape index (κ2) is 6.78. The fraction of sp³-hybridized carbons (Fsp3) is 0.250. The predicted octanol–water partition coefficient (Wildman–Crippen LogP) is 3.81. The number of rotatable bonds is 5. The summed E-state index contributed by atoms with van der Waals surface area (Å²) in [7, 11) is 4.89. The van der Waals surface area contributed by atoms with Gasteiger partial charge in [0.15, 0.2) is 11.5 Å². The molecule has 0 aromatic heterocycles. The molecule has 0 fully saturated rings. The van der Waals surface area contributed by atoms with Crippen molar-refractivity contribution in [2.45, 2.75) is 6.04 Å². The number of benzene rings is 2. The van der Waals surface area contributed by atoms with Crippen LogP contribution in [-0.2, 0) is 0 Å². The van der Waals surface area contributed by atoms with Gasteiger partial charge in [-0.2, -0.15) is 0 Å². The third-order valence-corrected chi connectivity index (χ3v) is 3.54. The summed E-state index contributed by atoms with van der Waals surface area (Å²) in [6, 6.07) is 9.86. The summed E-state index contributed by atoms with van der Waals surface area (Å²) in [6.45, 7) is 0. The van der Waals surface area contributed by atoms with Gasteiger partial charge in [-0.05, 0) is 42.4 Å². The maximum absolute atomic E-state index is 13.4. The lowest BCUT2D eigenvalue weighted by Gasteiger charge is -2.20. The van der Waals surface area contributed by atoms with E-state index in [1.165, 1.54) is 19.2 Å². The van der Waals surface area contributed by atoms with Crippen LogP contribution < -0.4 is 14.8 Å². The Kier molecular flexibility index (Phi) is 5.04. The topological polar surface area (TPSA) is 30.5 Å². The van der Waals surface area contributed by atoms with Crippen LogP contribution in [0.2, 0.25) is 5.02 Å². The van der Waals surface area contributed by atoms with Crippen molar-refractivity contribution in [1.29, 1.82) is 0 Å². The van der Waals surface area contributed by atoms with E-state index < -0.39 is 0 Å². The first-order valence-electron chi connectivity index (χ1n) is 6.44. The molecular formula is C16H17ClFNO2. The average molecular weight is 310 g/mol. The number of hydrogen-bond donors (Lipinski definition) is 1. The van der Waals surface area contributed by atoms with Gasteiger partial charge < -0.3 is 14.8 Å². The smallest absolute Gasteiger partial charge is 0.179 e. The van der Waals surface area contributed by atoms with Crippen LogP contribution in [0.15, 0.2) is 36.4 Å². The van der Waals surface area contributed by atoms with Gasteiger partial charge in [-0.1, -0.05) is 23.7 Å². The molecule has 2 aromatic carbocycles. The van der Waals surface area contributed by atoms with Gasteiger partial charge in [0.05, 0.1) is 25.3 Å². The fourth-order valence-corrected chi connectivity index (χ4v) is 2.61. The van der Waals surface area contributed by atoms with Crippen molar-refractivity contribution < 1.29 is 13.9 Å². The molecule has 0 aliphatic heterocycles. The minimum Gasteiger partial charge on any atom is -0.493 e. The molecule has 0 saturated heterocycles. The van der Waals surface area contributed by atoms with Crippen LogP contribution in [0.1, 0.15) is 17.2 Å². The Labute approximate surface area is 128 Å². The number of hydrogen-bond acceptors (Lipinski definition) is 3. The van der Waals surface area contributed by atoms with E-state index >= 15 is 0 Å². The lowest BCUT2D eigenvalue weighted by atomic mass is 9.98. The molecule has 0 amide bonds. The molecule has 2 rings (SSSR count). The highest BCUT2D eigenvalue weighted by Gasteiger charge is 2.18. The van der Waals surface area contributed by atoms with E-state index in [1.807, 2.05) is 12.1 Å². The van der Waals surface area contributed by atoms with Crippen molar-refractivity contribution in [1.82, 2.24) is 5.32 Å². The molecule has 1 atom stereocenters. The second-order valence-electron chi connectivity index (χ2n) is 4.51. The van der Waals surface area contributed by atoms with Gasteiger partial charge in [-0.25, -0.2) is 4.39 Å². The van der Waals surface area contributed by atoms with Crippen LogP contribution in [0.5, 0.6) is 11.5 Å². The standard InChI is InChI=1S/C16H17ClFNO2/c1-19-15(10-5-4-6-12(18)7-10)11-8-13(17)16(21-3)14(9-11)20-2/h4-9,15,19H,1-3H3. The van der Waals surface area contributed by atoms with E-state index in [-0.39, 0.29) is 11.9 Å². The Morgan fingerprint density at radius 2 is 1.86 bits per heavy atom. The molecule has 0 aliphatic carbocycles. The van der Waals surface area contributed by atoms with Gasteiger partial charge in [0.2, 0.25) is 0 Å². The van der Waals surface area contributed by atoms with Crippen molar-refractivity contribution in [3.63, 3.8) is 0 Å². The summed E-state index contributed by atoms with van der Waals surface area (Å²) < 4.78 is 23.9. The second-order valence-corrected chi connectivity index (χ2v) is 4.92. The maximum Gasteiger partial charge on any atom is 0.179 e. The molecule has 112 valence electrons. The zero-order valence-electron chi connectivity index (χ0n) is 12.1. The Bertz CT molecular complexity index is 634. The number of ether oxygens (including phenoxy) is 2. The summed E-state index contributed by atoms with van der Waals surface area (Å²) >= 11 is 6.23. The van der Waals surface area contributed by atoms with Crippen LogP contribution in [0.3, 0.4) is 0 Å². The first-order valence-corrected chi connectivity index (χ1v) is 6.82. The summed E-state index contributed by atoms with van der Waals surface area (Å²) in [5, 5.41) is 3.60. The number of halogens is 2. The molecule has 0 aliphatic rings. The third-order valence-electron chi connectivity index (χ3n) is 3.26. The van der Waals surface area contributed by atoms with E-state index in [0.717, 1.165) is 11.1 Å². The first kappa shape index (κ1) is 15.6. The lowest BCUT2D eigenvalue weighted by Crippen LogP contribution is -2.18. The summed E-state index contributed by atoms with van der Waals surface area (Å²) in [6.07, 6.45) is 0. The van der Waals surface area contributed by atoms with Crippen LogP contribution in [-0.4, -0.2) is 21.3 Å². The molecular weight excluding hydrogens is 293 g/mol. The molecule has 0 heterocycles.